The first-order valence-electron chi connectivity index (χ1n) is 4.73. The fraction of sp³-hybridized carbons (Fsp3) is 1.00. The summed E-state index contributed by atoms with van der Waals surface area (Å²) in [6.07, 6.45) is 0. The molecule has 11 heavy (non-hydrogen) atoms. The van der Waals surface area contributed by atoms with Gasteiger partial charge in [0, 0.05) is 0 Å². The van der Waals surface area contributed by atoms with E-state index in [-0.39, 0.29) is 15.7 Å². The molecular formula is C8H21AlN2. The topological polar surface area (TPSA) is 6.48 Å². The van der Waals surface area contributed by atoms with Crippen LogP contribution in [0.1, 0.15) is 27.7 Å². The van der Waals surface area contributed by atoms with E-state index in [1.54, 1.807) is 0 Å². The lowest BCUT2D eigenvalue weighted by Gasteiger charge is -2.24. The lowest BCUT2D eigenvalue weighted by molar-refractivity contribution is 0.401. The normalized spacial score (nSPS) is 11.1. The third kappa shape index (κ3) is 4.82. The standard InChI is InChI=1S/2C4H10N.Al.H/c2*1-3-5-4-2;;/h2*3-4H2,1-2H3;;/q2*-1;+2;. The molecule has 66 valence electrons. The summed E-state index contributed by atoms with van der Waals surface area (Å²) in [6.45, 7) is 13.9. The van der Waals surface area contributed by atoms with Crippen molar-refractivity contribution in [1.82, 2.24) is 7.77 Å². The molecule has 0 N–H and O–H groups in total. The van der Waals surface area contributed by atoms with Crippen LogP contribution in [-0.2, 0) is 0 Å². The third-order valence-corrected chi connectivity index (χ3v) is 4.78. The van der Waals surface area contributed by atoms with Crippen LogP contribution in [0.5, 0.6) is 0 Å². The smallest absolute Gasteiger partial charge is 0.374 e. The fourth-order valence-corrected chi connectivity index (χ4v) is 2.50. The summed E-state index contributed by atoms with van der Waals surface area (Å²) >= 11 is -0.0941. The Balaban J connectivity index is 3.58. The van der Waals surface area contributed by atoms with Gasteiger partial charge in [-0.1, -0.05) is 27.7 Å². The third-order valence-electron chi connectivity index (χ3n) is 2.19. The van der Waals surface area contributed by atoms with Crippen molar-refractivity contribution >= 4 is 15.7 Å². The zero-order valence-corrected chi connectivity index (χ0v) is 9.84. The lowest BCUT2D eigenvalue weighted by atomic mass is 10.7. The Bertz CT molecular complexity index is 70.2. The highest BCUT2D eigenvalue weighted by Gasteiger charge is 2.09. The van der Waals surface area contributed by atoms with Crippen molar-refractivity contribution < 1.29 is 0 Å². The van der Waals surface area contributed by atoms with E-state index in [4.69, 9.17) is 0 Å². The van der Waals surface area contributed by atoms with E-state index in [2.05, 4.69) is 35.5 Å². The van der Waals surface area contributed by atoms with Gasteiger partial charge in [0.2, 0.25) is 0 Å². The monoisotopic (exact) mass is 172 g/mol. The molecule has 0 aromatic heterocycles. The van der Waals surface area contributed by atoms with Crippen LogP contribution in [0.2, 0.25) is 0 Å². The molecule has 0 aliphatic rings. The van der Waals surface area contributed by atoms with Gasteiger partial charge in [-0.2, -0.15) is 0 Å². The minimum Gasteiger partial charge on any atom is -0.374 e. The van der Waals surface area contributed by atoms with Gasteiger partial charge in [0.25, 0.3) is 0 Å². The van der Waals surface area contributed by atoms with E-state index < -0.39 is 0 Å². The van der Waals surface area contributed by atoms with Crippen LogP contribution >= 0.6 is 0 Å². The van der Waals surface area contributed by atoms with Crippen LogP contribution in [0, 0.1) is 0 Å². The number of rotatable bonds is 6. The molecule has 0 fully saturated rings. The predicted octanol–water partition coefficient (Wildman–Crippen LogP) is 0.936. The number of nitrogens with zero attached hydrogens (tertiary/aromatic N) is 2. The maximum Gasteiger partial charge on any atom is 0.463 e. The molecule has 0 bridgehead atoms. The van der Waals surface area contributed by atoms with Crippen molar-refractivity contribution in [2.24, 2.45) is 0 Å². The number of hydrogen-bond donors (Lipinski definition) is 0. The summed E-state index contributed by atoms with van der Waals surface area (Å²) in [5, 5.41) is 0. The van der Waals surface area contributed by atoms with E-state index in [1.165, 1.54) is 26.2 Å². The van der Waals surface area contributed by atoms with Crippen molar-refractivity contribution in [3.8, 4) is 0 Å². The molecule has 0 unspecified atom stereocenters. The Hall–Kier alpha value is 0.452. The minimum atomic E-state index is -0.0941. The Morgan fingerprint density at radius 1 is 0.727 bits per heavy atom. The molecule has 2 nitrogen and oxygen atoms in total. The van der Waals surface area contributed by atoms with E-state index in [0.29, 0.717) is 0 Å². The number of hydrogen-bond acceptors (Lipinski definition) is 2. The molecule has 0 amide bonds. The Morgan fingerprint density at radius 3 is 1.18 bits per heavy atom. The molecule has 0 heterocycles. The summed E-state index contributed by atoms with van der Waals surface area (Å²) in [5.74, 6) is 0. The highest BCUT2D eigenvalue weighted by Crippen LogP contribution is 1.89. The average molecular weight is 172 g/mol. The van der Waals surface area contributed by atoms with Gasteiger partial charge in [-0.15, -0.1) is 0 Å². The first-order chi connectivity index (χ1) is 5.28. The molecule has 0 spiro atoms. The van der Waals surface area contributed by atoms with Gasteiger partial charge < -0.3 is 7.77 Å². The van der Waals surface area contributed by atoms with Crippen molar-refractivity contribution in [3.63, 3.8) is 0 Å². The van der Waals surface area contributed by atoms with E-state index in [0.717, 1.165) is 0 Å². The predicted molar refractivity (Wildman–Crippen MR) is 53.0 cm³/mol. The molecular weight excluding hydrogens is 151 g/mol. The summed E-state index contributed by atoms with van der Waals surface area (Å²) < 4.78 is 5.15. The van der Waals surface area contributed by atoms with Gasteiger partial charge in [0.05, 0.1) is 0 Å². The lowest BCUT2D eigenvalue weighted by Crippen LogP contribution is -2.41. The first kappa shape index (κ1) is 11.5. The Kier molecular flexibility index (Phi) is 7.41. The van der Waals surface area contributed by atoms with Gasteiger partial charge in [-0.25, -0.2) is 0 Å². The molecule has 0 aromatic rings. The van der Waals surface area contributed by atoms with Gasteiger partial charge in [0.15, 0.2) is 0 Å². The maximum atomic E-state index is 2.58. The molecule has 3 heteroatoms. The van der Waals surface area contributed by atoms with Gasteiger partial charge in [0.1, 0.15) is 0 Å². The Morgan fingerprint density at radius 2 is 1.00 bits per heavy atom. The van der Waals surface area contributed by atoms with Gasteiger partial charge >= 0.3 is 15.7 Å². The minimum absolute atomic E-state index is 0.0941. The molecule has 0 aliphatic carbocycles. The Labute approximate surface area is 77.7 Å². The van der Waals surface area contributed by atoms with Crippen LogP contribution in [-0.4, -0.2) is 49.6 Å². The van der Waals surface area contributed by atoms with Crippen molar-refractivity contribution in [3.05, 3.63) is 0 Å². The fourth-order valence-electron chi connectivity index (χ4n) is 1.13. The van der Waals surface area contributed by atoms with Crippen molar-refractivity contribution in [2.75, 3.05) is 26.2 Å². The van der Waals surface area contributed by atoms with E-state index in [9.17, 15) is 0 Å². The van der Waals surface area contributed by atoms with Crippen LogP contribution in [0.3, 0.4) is 0 Å². The zero-order valence-electron chi connectivity index (χ0n) is 8.43. The summed E-state index contributed by atoms with van der Waals surface area (Å²) in [4.78, 5) is 0. The van der Waals surface area contributed by atoms with Crippen molar-refractivity contribution in [2.45, 2.75) is 27.7 Å². The second kappa shape index (κ2) is 7.12. The van der Waals surface area contributed by atoms with Crippen LogP contribution < -0.4 is 0 Å². The second-order valence-corrected chi connectivity index (χ2v) is 4.82. The second-order valence-electron chi connectivity index (χ2n) is 2.75. The van der Waals surface area contributed by atoms with Crippen LogP contribution in [0.15, 0.2) is 0 Å². The van der Waals surface area contributed by atoms with Crippen LogP contribution in [0.4, 0.5) is 0 Å². The van der Waals surface area contributed by atoms with Crippen LogP contribution in [0.25, 0.3) is 0 Å². The SMILES string of the molecule is CC[N](CC)[AlH][N](CC)CC. The van der Waals surface area contributed by atoms with Gasteiger partial charge in [-0.05, 0) is 26.2 Å². The molecule has 0 rings (SSSR count). The summed E-state index contributed by atoms with van der Waals surface area (Å²) in [7, 11) is 0. The molecule has 0 saturated heterocycles. The first-order valence-corrected chi connectivity index (χ1v) is 5.99. The molecule has 0 saturated carbocycles. The largest absolute Gasteiger partial charge is 0.463 e. The zero-order chi connectivity index (χ0) is 8.69. The molecule has 0 aromatic carbocycles. The van der Waals surface area contributed by atoms with Gasteiger partial charge in [-0.3, -0.25) is 0 Å². The molecule has 0 atom stereocenters. The highest BCUT2D eigenvalue weighted by atomic mass is 27.1. The van der Waals surface area contributed by atoms with E-state index in [1.807, 2.05) is 0 Å². The van der Waals surface area contributed by atoms with E-state index >= 15 is 0 Å². The van der Waals surface area contributed by atoms with Crippen molar-refractivity contribution in [1.29, 1.82) is 0 Å². The average Bonchev–Trinajstić information content (AvgIpc) is 2.07. The molecule has 0 aliphatic heterocycles. The summed E-state index contributed by atoms with van der Waals surface area (Å²) in [5.41, 5.74) is 0. The quantitative estimate of drug-likeness (QED) is 0.550. The highest BCUT2D eigenvalue weighted by molar-refractivity contribution is 6.28. The molecule has 0 radical (unpaired) electrons. The summed E-state index contributed by atoms with van der Waals surface area (Å²) in [6, 6.07) is 0. The maximum absolute atomic E-state index is 2.58.